The smallest absolute Gasteiger partial charge is 0.271 e. The van der Waals surface area contributed by atoms with Gasteiger partial charge in [0.05, 0.1) is 17.8 Å². The number of aromatic nitrogens is 1. The number of hydrogen-bond donors (Lipinski definition) is 1. The van der Waals surface area contributed by atoms with Crippen LogP contribution in [-0.2, 0) is 6.54 Å². The van der Waals surface area contributed by atoms with Crippen molar-refractivity contribution in [3.8, 4) is 6.07 Å². The van der Waals surface area contributed by atoms with E-state index in [0.717, 1.165) is 33.3 Å². The van der Waals surface area contributed by atoms with Crippen LogP contribution < -0.4 is 5.43 Å². The molecule has 0 saturated carbocycles. The van der Waals surface area contributed by atoms with E-state index in [-0.39, 0.29) is 5.91 Å². The van der Waals surface area contributed by atoms with E-state index in [1.165, 1.54) is 0 Å². The van der Waals surface area contributed by atoms with Gasteiger partial charge in [0.2, 0.25) is 0 Å². The van der Waals surface area contributed by atoms with Crippen molar-refractivity contribution in [1.29, 1.82) is 5.26 Å². The molecule has 4 aromatic rings. The number of rotatable bonds is 5. The third-order valence-electron chi connectivity index (χ3n) is 5.50. The minimum atomic E-state index is -0.237. The summed E-state index contributed by atoms with van der Waals surface area (Å²) in [6.07, 6.45) is 1.69. The monoisotopic (exact) mass is 406 g/mol. The molecule has 5 heteroatoms. The number of carbonyl (C=O) groups excluding carboxylic acids is 1. The second-order valence-electron chi connectivity index (χ2n) is 7.39. The van der Waals surface area contributed by atoms with Crippen LogP contribution in [0, 0.1) is 25.2 Å². The maximum Gasteiger partial charge on any atom is 0.271 e. The molecule has 0 radical (unpaired) electrons. The van der Waals surface area contributed by atoms with Crippen LogP contribution in [-0.4, -0.2) is 16.7 Å². The molecule has 3 aromatic carbocycles. The Morgan fingerprint density at radius 2 is 1.74 bits per heavy atom. The Hall–Kier alpha value is -4.17. The van der Waals surface area contributed by atoms with Crippen LogP contribution in [0.4, 0.5) is 0 Å². The fourth-order valence-electron chi connectivity index (χ4n) is 3.81. The van der Waals surface area contributed by atoms with Crippen molar-refractivity contribution in [3.05, 3.63) is 106 Å². The van der Waals surface area contributed by atoms with Crippen LogP contribution in [0.25, 0.3) is 10.9 Å². The van der Waals surface area contributed by atoms with Crippen molar-refractivity contribution in [2.45, 2.75) is 20.4 Å². The summed E-state index contributed by atoms with van der Waals surface area (Å²) in [5, 5.41) is 14.7. The lowest BCUT2D eigenvalue weighted by molar-refractivity contribution is 0.0954. The van der Waals surface area contributed by atoms with Crippen LogP contribution in [0.1, 0.15) is 38.3 Å². The Morgan fingerprint density at radius 1 is 1.03 bits per heavy atom. The zero-order valence-corrected chi connectivity index (χ0v) is 17.5. The fourth-order valence-corrected chi connectivity index (χ4v) is 3.81. The van der Waals surface area contributed by atoms with Gasteiger partial charge in [0.1, 0.15) is 0 Å². The predicted octanol–water partition coefficient (Wildman–Crippen LogP) is 4.94. The number of aryl methyl sites for hydroxylation is 1. The highest BCUT2D eigenvalue weighted by Crippen LogP contribution is 2.26. The highest BCUT2D eigenvalue weighted by Gasteiger charge is 2.14. The first-order valence-corrected chi connectivity index (χ1v) is 10.0. The Bertz CT molecular complexity index is 1340. The molecule has 31 heavy (non-hydrogen) atoms. The Labute approximate surface area is 181 Å². The summed E-state index contributed by atoms with van der Waals surface area (Å²) < 4.78 is 2.18. The van der Waals surface area contributed by atoms with Crippen LogP contribution in [0.2, 0.25) is 0 Å². The van der Waals surface area contributed by atoms with Gasteiger partial charge in [-0.05, 0) is 43.2 Å². The molecule has 1 heterocycles. The maximum atomic E-state index is 12.5. The average molecular weight is 406 g/mol. The number of fused-ring (bicyclic) bond motifs is 1. The Kier molecular flexibility index (Phi) is 5.63. The molecule has 1 amide bonds. The standard InChI is InChI=1S/C26H22N4O/c1-18-9-3-6-12-22(18)26(31)29-28-16-24-19(2)30(25-14-8-7-13-23(24)25)17-21-11-5-4-10-20(21)15-27/h3-14,16H,17H2,1-2H3,(H,29,31)/b28-16+. The van der Waals surface area contributed by atoms with Gasteiger partial charge in [-0.25, -0.2) is 5.43 Å². The molecule has 5 nitrogen and oxygen atoms in total. The fraction of sp³-hybridized carbons (Fsp3) is 0.115. The van der Waals surface area contributed by atoms with Crippen molar-refractivity contribution in [2.75, 3.05) is 0 Å². The normalized spacial score (nSPS) is 11.0. The zero-order valence-electron chi connectivity index (χ0n) is 17.5. The second kappa shape index (κ2) is 8.68. The van der Waals surface area contributed by atoms with Gasteiger partial charge in [-0.1, -0.05) is 54.6 Å². The molecule has 4 rings (SSSR count). The van der Waals surface area contributed by atoms with E-state index in [0.29, 0.717) is 17.7 Å². The van der Waals surface area contributed by atoms with Gasteiger partial charge < -0.3 is 4.57 Å². The van der Waals surface area contributed by atoms with E-state index in [4.69, 9.17) is 0 Å². The van der Waals surface area contributed by atoms with E-state index in [2.05, 4.69) is 27.2 Å². The highest BCUT2D eigenvalue weighted by atomic mass is 16.2. The van der Waals surface area contributed by atoms with E-state index in [9.17, 15) is 10.1 Å². The van der Waals surface area contributed by atoms with Gasteiger partial charge in [-0.3, -0.25) is 4.79 Å². The first-order chi connectivity index (χ1) is 15.1. The van der Waals surface area contributed by atoms with E-state index in [1.54, 1.807) is 12.3 Å². The topological polar surface area (TPSA) is 70.2 Å². The van der Waals surface area contributed by atoms with E-state index >= 15 is 0 Å². The largest absolute Gasteiger partial charge is 0.340 e. The lowest BCUT2D eigenvalue weighted by Crippen LogP contribution is -2.18. The van der Waals surface area contributed by atoms with E-state index in [1.807, 2.05) is 74.5 Å². The third kappa shape index (κ3) is 3.96. The summed E-state index contributed by atoms with van der Waals surface area (Å²) >= 11 is 0. The number of benzene rings is 3. The van der Waals surface area contributed by atoms with Gasteiger partial charge >= 0.3 is 0 Å². The molecule has 0 bridgehead atoms. The number of amides is 1. The zero-order chi connectivity index (χ0) is 21.8. The van der Waals surface area contributed by atoms with Crippen molar-refractivity contribution in [2.24, 2.45) is 5.10 Å². The first kappa shape index (κ1) is 20.1. The minimum Gasteiger partial charge on any atom is -0.340 e. The average Bonchev–Trinajstić information content (AvgIpc) is 3.05. The number of nitriles is 1. The summed E-state index contributed by atoms with van der Waals surface area (Å²) in [4.78, 5) is 12.5. The lowest BCUT2D eigenvalue weighted by atomic mass is 10.1. The van der Waals surface area contributed by atoms with Gasteiger partial charge in [0, 0.05) is 34.3 Å². The molecular formula is C26H22N4O. The summed E-state index contributed by atoms with van der Waals surface area (Å²) in [7, 11) is 0. The van der Waals surface area contributed by atoms with Crippen molar-refractivity contribution in [1.82, 2.24) is 9.99 Å². The summed E-state index contributed by atoms with van der Waals surface area (Å²) in [5.74, 6) is -0.237. The molecule has 1 N–H and O–H groups in total. The second-order valence-corrected chi connectivity index (χ2v) is 7.39. The van der Waals surface area contributed by atoms with Gasteiger partial charge in [0.15, 0.2) is 0 Å². The van der Waals surface area contributed by atoms with Crippen molar-refractivity contribution < 1.29 is 4.79 Å². The third-order valence-corrected chi connectivity index (χ3v) is 5.50. The summed E-state index contributed by atoms with van der Waals surface area (Å²) in [6.45, 7) is 4.51. The van der Waals surface area contributed by atoms with Crippen LogP contribution >= 0.6 is 0 Å². The number of para-hydroxylation sites is 1. The summed E-state index contributed by atoms with van der Waals surface area (Å²) in [6, 6.07) is 25.4. The molecule has 0 aliphatic heterocycles. The molecule has 0 fully saturated rings. The van der Waals surface area contributed by atoms with Gasteiger partial charge in [0.25, 0.3) is 5.91 Å². The number of nitrogens with zero attached hydrogens (tertiary/aromatic N) is 3. The van der Waals surface area contributed by atoms with Crippen LogP contribution in [0.15, 0.2) is 77.9 Å². The minimum absolute atomic E-state index is 0.237. The predicted molar refractivity (Wildman–Crippen MR) is 123 cm³/mol. The SMILES string of the molecule is Cc1ccccc1C(=O)N/N=C/c1c(C)n(Cc2ccccc2C#N)c2ccccc12. The molecule has 0 atom stereocenters. The highest BCUT2D eigenvalue weighted by molar-refractivity contribution is 6.02. The lowest BCUT2D eigenvalue weighted by Gasteiger charge is -2.10. The van der Waals surface area contributed by atoms with Gasteiger partial charge in [-0.2, -0.15) is 10.4 Å². The van der Waals surface area contributed by atoms with Crippen LogP contribution in [0.3, 0.4) is 0 Å². The molecule has 0 unspecified atom stereocenters. The molecule has 0 spiro atoms. The van der Waals surface area contributed by atoms with Crippen molar-refractivity contribution >= 4 is 23.0 Å². The van der Waals surface area contributed by atoms with Crippen LogP contribution in [0.5, 0.6) is 0 Å². The Balaban J connectivity index is 1.67. The number of carbonyl (C=O) groups is 1. The molecule has 1 aromatic heterocycles. The molecule has 152 valence electrons. The number of hydrazone groups is 1. The number of hydrogen-bond acceptors (Lipinski definition) is 3. The van der Waals surface area contributed by atoms with Gasteiger partial charge in [-0.15, -0.1) is 0 Å². The van der Waals surface area contributed by atoms with E-state index < -0.39 is 0 Å². The number of nitrogens with one attached hydrogen (secondary N) is 1. The summed E-state index contributed by atoms with van der Waals surface area (Å²) in [5.41, 5.74) is 8.78. The molecule has 0 aliphatic rings. The maximum absolute atomic E-state index is 12.5. The molecular weight excluding hydrogens is 384 g/mol. The molecule has 0 saturated heterocycles. The Morgan fingerprint density at radius 3 is 2.55 bits per heavy atom. The van der Waals surface area contributed by atoms with Crippen molar-refractivity contribution in [3.63, 3.8) is 0 Å². The molecule has 0 aliphatic carbocycles. The first-order valence-electron chi connectivity index (χ1n) is 10.0. The quantitative estimate of drug-likeness (QED) is 0.377.